The van der Waals surface area contributed by atoms with Gasteiger partial charge in [-0.25, -0.2) is 0 Å². The van der Waals surface area contributed by atoms with Crippen molar-refractivity contribution in [1.29, 1.82) is 0 Å². The molecular formula is C31H48N6O. The molecule has 3 aliphatic rings. The normalized spacial score (nSPS) is 25.6. The molecule has 38 heavy (non-hydrogen) atoms. The van der Waals surface area contributed by atoms with Gasteiger partial charge in [0, 0.05) is 25.2 Å². The minimum atomic E-state index is -0.453. The Morgan fingerprint density at radius 1 is 1.13 bits per heavy atom. The average Bonchev–Trinajstić information content (AvgIpc) is 2.91. The predicted octanol–water partition coefficient (Wildman–Crippen LogP) is 4.42. The molecule has 3 aliphatic heterocycles. The molecule has 3 atom stereocenters. The van der Waals surface area contributed by atoms with Gasteiger partial charge in [0.1, 0.15) is 17.7 Å². The Hall–Kier alpha value is -2.77. The van der Waals surface area contributed by atoms with Gasteiger partial charge < -0.3 is 10.6 Å². The third kappa shape index (κ3) is 8.11. The number of hydrogen-bond acceptors (Lipinski definition) is 6. The molecule has 3 heterocycles. The summed E-state index contributed by atoms with van der Waals surface area (Å²) in [5.74, 6) is 1.80. The van der Waals surface area contributed by atoms with E-state index in [9.17, 15) is 4.79 Å². The Morgan fingerprint density at radius 3 is 2.61 bits per heavy atom. The van der Waals surface area contributed by atoms with Gasteiger partial charge in [0.05, 0.1) is 18.8 Å². The van der Waals surface area contributed by atoms with Crippen LogP contribution in [0.15, 0.2) is 64.1 Å². The van der Waals surface area contributed by atoms with Crippen LogP contribution in [0.1, 0.15) is 59.9 Å². The second-order valence-electron chi connectivity index (χ2n) is 10.4. The van der Waals surface area contributed by atoms with Gasteiger partial charge in [-0.3, -0.25) is 24.6 Å². The third-order valence-electron chi connectivity index (χ3n) is 7.17. The van der Waals surface area contributed by atoms with Gasteiger partial charge in [0.25, 0.3) is 0 Å². The summed E-state index contributed by atoms with van der Waals surface area (Å²) in [6.45, 7) is 16.8. The number of nitrogens with one attached hydrogen (secondary N) is 2. The number of carbonyl (C=O) groups excluding carboxylic acids is 1. The number of nitrogens with zero attached hydrogens (tertiary/aromatic N) is 4. The average molecular weight is 521 g/mol. The van der Waals surface area contributed by atoms with E-state index in [1.807, 2.05) is 13.8 Å². The van der Waals surface area contributed by atoms with E-state index in [1.165, 1.54) is 5.56 Å². The quantitative estimate of drug-likeness (QED) is 0.558. The van der Waals surface area contributed by atoms with Crippen LogP contribution < -0.4 is 10.6 Å². The molecule has 1 amide bonds. The number of amidine groups is 2. The number of benzene rings is 1. The second kappa shape index (κ2) is 15.0. The zero-order valence-electron chi connectivity index (χ0n) is 24.3. The van der Waals surface area contributed by atoms with Gasteiger partial charge in [-0.1, -0.05) is 83.2 Å². The van der Waals surface area contributed by atoms with Crippen LogP contribution in [0.3, 0.4) is 0 Å². The monoisotopic (exact) mass is 520 g/mol. The molecule has 1 fully saturated rings. The van der Waals surface area contributed by atoms with Crippen molar-refractivity contribution in [1.82, 2.24) is 20.4 Å². The molecule has 7 nitrogen and oxygen atoms in total. The number of fused-ring (bicyclic) bond motifs is 3. The summed E-state index contributed by atoms with van der Waals surface area (Å²) < 4.78 is 0. The molecule has 3 unspecified atom stereocenters. The van der Waals surface area contributed by atoms with E-state index >= 15 is 0 Å². The maximum atomic E-state index is 13.5. The van der Waals surface area contributed by atoms with Crippen molar-refractivity contribution in [3.05, 3.63) is 59.7 Å². The molecule has 1 aromatic rings. The summed E-state index contributed by atoms with van der Waals surface area (Å²) in [5.41, 5.74) is 2.41. The van der Waals surface area contributed by atoms with E-state index < -0.39 is 6.04 Å². The van der Waals surface area contributed by atoms with Crippen LogP contribution in [-0.4, -0.2) is 78.4 Å². The first-order valence-electron chi connectivity index (χ1n) is 14.5. The molecule has 0 aliphatic carbocycles. The van der Waals surface area contributed by atoms with E-state index in [0.29, 0.717) is 6.54 Å². The highest BCUT2D eigenvalue weighted by Crippen LogP contribution is 2.20. The third-order valence-corrected chi connectivity index (χ3v) is 7.17. The number of rotatable bonds is 7. The lowest BCUT2D eigenvalue weighted by atomic mass is 10.0. The van der Waals surface area contributed by atoms with Crippen molar-refractivity contribution >= 4 is 17.6 Å². The van der Waals surface area contributed by atoms with E-state index in [4.69, 9.17) is 9.98 Å². The molecule has 0 spiro atoms. The molecule has 7 heteroatoms. The highest BCUT2D eigenvalue weighted by Gasteiger charge is 2.35. The molecule has 0 aromatic heterocycles. The van der Waals surface area contributed by atoms with Crippen molar-refractivity contribution in [3.63, 3.8) is 0 Å². The number of aliphatic imine (C=N–C) groups is 2. The standard InChI is InChI=1S/C29H42N6O.C2H6/c1-5-6-8-15-24-22(4)30-25-19-35-18-17-34(16-11-14-23-12-9-7-10-13-23)20-26(35)32-29(36)27(21(2)3)33-28(24)31-25;1-2/h6-10,12-13,15,21-22,26-27H,5,11,14,16-20H2,1-4H3,(H,32,36)(H,30,31,33);1-2H3/b8-6-,24-15+;. The van der Waals surface area contributed by atoms with Crippen LogP contribution in [0.2, 0.25) is 0 Å². The van der Waals surface area contributed by atoms with Crippen LogP contribution in [0, 0.1) is 5.92 Å². The summed E-state index contributed by atoms with van der Waals surface area (Å²) >= 11 is 0. The minimum Gasteiger partial charge on any atom is -0.337 e. The maximum Gasteiger partial charge on any atom is 0.246 e. The summed E-state index contributed by atoms with van der Waals surface area (Å²) in [6, 6.07) is 10.2. The lowest BCUT2D eigenvalue weighted by molar-refractivity contribution is -0.126. The Labute approximate surface area is 230 Å². The summed E-state index contributed by atoms with van der Waals surface area (Å²) in [5, 5.41) is 6.84. The lowest BCUT2D eigenvalue weighted by Crippen LogP contribution is -2.64. The molecule has 208 valence electrons. The Kier molecular flexibility index (Phi) is 11.7. The van der Waals surface area contributed by atoms with Gasteiger partial charge >= 0.3 is 0 Å². The van der Waals surface area contributed by atoms with Crippen LogP contribution in [0.4, 0.5) is 0 Å². The maximum absolute atomic E-state index is 13.5. The predicted molar refractivity (Wildman–Crippen MR) is 160 cm³/mol. The second-order valence-corrected chi connectivity index (χ2v) is 10.4. The SMILES string of the molecule is CC.CC/C=C\C=C1\C2=NC(C(C)C)C(=O)NC3CN(CCCc4ccccc4)CCN3CC(=NC1C)N2. The molecule has 4 rings (SSSR count). The zero-order valence-corrected chi connectivity index (χ0v) is 24.3. The smallest absolute Gasteiger partial charge is 0.246 e. The number of hydrogen-bond donors (Lipinski definition) is 2. The van der Waals surface area contributed by atoms with Gasteiger partial charge in [-0.05, 0) is 44.2 Å². The van der Waals surface area contributed by atoms with Crippen molar-refractivity contribution in [3.8, 4) is 0 Å². The fourth-order valence-corrected chi connectivity index (χ4v) is 5.10. The van der Waals surface area contributed by atoms with Gasteiger partial charge in [-0.2, -0.15) is 0 Å². The lowest BCUT2D eigenvalue weighted by Gasteiger charge is -2.43. The molecule has 1 aromatic carbocycles. The van der Waals surface area contributed by atoms with Crippen LogP contribution in [0.25, 0.3) is 0 Å². The molecular weight excluding hydrogens is 472 g/mol. The van der Waals surface area contributed by atoms with Gasteiger partial charge in [-0.15, -0.1) is 0 Å². The molecule has 0 saturated carbocycles. The number of piperazine rings is 1. The summed E-state index contributed by atoms with van der Waals surface area (Å²) in [7, 11) is 0. The molecule has 2 bridgehead atoms. The highest BCUT2D eigenvalue weighted by atomic mass is 16.2. The number of amides is 1. The van der Waals surface area contributed by atoms with Crippen molar-refractivity contribution in [2.24, 2.45) is 15.9 Å². The van der Waals surface area contributed by atoms with Crippen molar-refractivity contribution in [2.75, 3.05) is 32.7 Å². The largest absolute Gasteiger partial charge is 0.337 e. The first kappa shape index (κ1) is 29.8. The molecule has 1 saturated heterocycles. The first-order chi connectivity index (χ1) is 18.4. The number of aryl methyl sites for hydroxylation is 1. The van der Waals surface area contributed by atoms with Crippen molar-refractivity contribution in [2.45, 2.75) is 79.1 Å². The summed E-state index contributed by atoms with van der Waals surface area (Å²) in [4.78, 5) is 28.3. The molecule has 2 N–H and O–H groups in total. The Morgan fingerprint density at radius 2 is 1.89 bits per heavy atom. The van der Waals surface area contributed by atoms with E-state index in [1.54, 1.807) is 0 Å². The van der Waals surface area contributed by atoms with Crippen LogP contribution in [0.5, 0.6) is 0 Å². The van der Waals surface area contributed by atoms with E-state index in [0.717, 1.165) is 62.7 Å². The van der Waals surface area contributed by atoms with Gasteiger partial charge in [0.15, 0.2) is 0 Å². The van der Waals surface area contributed by atoms with Crippen molar-refractivity contribution < 1.29 is 4.79 Å². The zero-order chi connectivity index (χ0) is 27.5. The Bertz CT molecular complexity index is 1010. The fraction of sp³-hybridized carbons (Fsp3) is 0.581. The first-order valence-corrected chi connectivity index (χ1v) is 14.5. The van der Waals surface area contributed by atoms with Gasteiger partial charge in [0.2, 0.25) is 5.91 Å². The fourth-order valence-electron chi connectivity index (χ4n) is 5.10. The Balaban J connectivity index is 0.00000195. The van der Waals surface area contributed by atoms with E-state index in [2.05, 4.69) is 96.7 Å². The van der Waals surface area contributed by atoms with E-state index in [-0.39, 0.29) is 24.0 Å². The highest BCUT2D eigenvalue weighted by molar-refractivity contribution is 6.13. The number of carbonyl (C=O) groups is 1. The van der Waals surface area contributed by atoms with Crippen LogP contribution in [-0.2, 0) is 11.2 Å². The molecule has 0 radical (unpaired) electrons. The minimum absolute atomic E-state index is 0.00232. The summed E-state index contributed by atoms with van der Waals surface area (Å²) in [6.07, 6.45) is 9.38. The number of allylic oxidation sites excluding steroid dienone is 3. The van der Waals surface area contributed by atoms with Crippen LogP contribution >= 0.6 is 0 Å². The topological polar surface area (TPSA) is 72.3 Å².